The first kappa shape index (κ1) is 105. The van der Waals surface area contributed by atoms with Crippen LogP contribution >= 0.6 is 15.6 Å². The molecule has 0 spiro atoms. The van der Waals surface area contributed by atoms with Crippen LogP contribution in [0.5, 0.6) is 0 Å². The summed E-state index contributed by atoms with van der Waals surface area (Å²) >= 11 is 0. The Bertz CT molecular complexity index is 2990. The van der Waals surface area contributed by atoms with Crippen molar-refractivity contribution in [2.75, 3.05) is 39.6 Å². The van der Waals surface area contributed by atoms with Crippen molar-refractivity contribution in [1.82, 2.24) is 0 Å². The van der Waals surface area contributed by atoms with E-state index in [1.807, 2.05) is 42.5 Å². The maximum Gasteiger partial charge on any atom is 0.472 e. The second kappa shape index (κ2) is 82.4. The van der Waals surface area contributed by atoms with Gasteiger partial charge in [-0.05, 0) is 186 Å². The molecular weight excluding hydrogens is 1450 g/mol. The lowest BCUT2D eigenvalue weighted by Crippen LogP contribution is -2.30. The van der Waals surface area contributed by atoms with Gasteiger partial charge in [-0.3, -0.25) is 37.3 Å². The van der Waals surface area contributed by atoms with E-state index in [0.29, 0.717) is 44.9 Å². The number of hydrogen-bond donors (Lipinski definition) is 3. The quantitative estimate of drug-likeness (QED) is 0.0169. The van der Waals surface area contributed by atoms with Crippen LogP contribution in [-0.4, -0.2) is 96.7 Å². The number of phosphoric acid groups is 2. The monoisotopic (exact) mass is 1600 g/mol. The average molecular weight is 1600 g/mol. The molecule has 0 aromatic rings. The van der Waals surface area contributed by atoms with Gasteiger partial charge in [0.1, 0.15) is 19.3 Å². The van der Waals surface area contributed by atoms with Gasteiger partial charge in [-0.25, -0.2) is 9.13 Å². The van der Waals surface area contributed by atoms with Gasteiger partial charge in [0, 0.05) is 25.7 Å². The van der Waals surface area contributed by atoms with Gasteiger partial charge in [-0.1, -0.05) is 291 Å². The van der Waals surface area contributed by atoms with Gasteiger partial charge in [0.05, 0.1) is 26.4 Å². The van der Waals surface area contributed by atoms with Crippen LogP contribution in [-0.2, 0) is 65.4 Å². The molecular formula is C93H146O17P2. The molecule has 0 rings (SSSR count). The zero-order valence-corrected chi connectivity index (χ0v) is 70.8. The van der Waals surface area contributed by atoms with Gasteiger partial charge >= 0.3 is 39.5 Å². The van der Waals surface area contributed by atoms with Crippen LogP contribution in [0.4, 0.5) is 0 Å². The Labute approximate surface area is 677 Å². The van der Waals surface area contributed by atoms with Crippen LogP contribution in [0.25, 0.3) is 0 Å². The summed E-state index contributed by atoms with van der Waals surface area (Å²) in [5, 5.41) is 10.7. The largest absolute Gasteiger partial charge is 0.472 e. The molecule has 0 aliphatic heterocycles. The number of carbonyl (C=O) groups excluding carboxylic acids is 4. The second-order valence-corrected chi connectivity index (χ2v) is 29.9. The molecule has 0 radical (unpaired) electrons. The van der Waals surface area contributed by atoms with Crippen molar-refractivity contribution in [1.29, 1.82) is 0 Å². The molecule has 5 atom stereocenters. The van der Waals surface area contributed by atoms with Crippen LogP contribution in [0.1, 0.15) is 285 Å². The topological polar surface area (TPSA) is 237 Å². The lowest BCUT2D eigenvalue weighted by atomic mass is 10.1. The first-order valence-corrected chi connectivity index (χ1v) is 45.0. The third-order valence-corrected chi connectivity index (χ3v) is 18.3. The minimum atomic E-state index is -5.03. The van der Waals surface area contributed by atoms with E-state index in [-0.39, 0.29) is 25.7 Å². The van der Waals surface area contributed by atoms with Crippen molar-refractivity contribution >= 4 is 39.5 Å². The van der Waals surface area contributed by atoms with E-state index in [0.717, 1.165) is 128 Å². The average Bonchev–Trinajstić information content (AvgIpc) is 0.898. The van der Waals surface area contributed by atoms with Crippen molar-refractivity contribution in [3.05, 3.63) is 219 Å². The summed E-state index contributed by atoms with van der Waals surface area (Å²) in [5.74, 6) is -2.47. The molecule has 0 saturated carbocycles. The first-order chi connectivity index (χ1) is 54.7. The van der Waals surface area contributed by atoms with Crippen LogP contribution in [0.15, 0.2) is 219 Å². The number of unbranched alkanes of at least 4 members (excludes halogenated alkanes) is 14. The van der Waals surface area contributed by atoms with Crippen molar-refractivity contribution in [3.63, 3.8) is 0 Å². The number of ether oxygens (including phenoxy) is 4. The number of phosphoric ester groups is 2. The van der Waals surface area contributed by atoms with E-state index in [1.165, 1.54) is 57.8 Å². The fourth-order valence-electron chi connectivity index (χ4n) is 10.0. The normalized spacial score (nSPS) is 14.9. The zero-order chi connectivity index (χ0) is 81.7. The van der Waals surface area contributed by atoms with Gasteiger partial charge in [0.2, 0.25) is 0 Å². The highest BCUT2D eigenvalue weighted by atomic mass is 31.2. The minimum Gasteiger partial charge on any atom is -0.462 e. The molecule has 19 heteroatoms. The summed E-state index contributed by atoms with van der Waals surface area (Å²) in [5.41, 5.74) is 0. The van der Waals surface area contributed by atoms with Crippen LogP contribution < -0.4 is 0 Å². The summed E-state index contributed by atoms with van der Waals surface area (Å²) in [7, 11) is -10.1. The Kier molecular flexibility index (Phi) is 77.5. The molecule has 0 fully saturated rings. The fourth-order valence-corrected chi connectivity index (χ4v) is 11.6. The maximum absolute atomic E-state index is 13.1. The van der Waals surface area contributed by atoms with E-state index in [9.17, 15) is 43.2 Å². The number of rotatable bonds is 76. The van der Waals surface area contributed by atoms with Crippen molar-refractivity contribution < 1.29 is 80.2 Å². The number of aliphatic hydroxyl groups is 1. The highest BCUT2D eigenvalue weighted by molar-refractivity contribution is 7.47. The SMILES string of the molecule is CC/C=C\C/C=C\C/C=C\C/C=C\C/C=C\CCCCCC(=O)O[C@H](COC(=O)CCC/C=C\C/C=C\C/C=C\C/C=C\CCCCC)COP(=O)(O)OC[C@@H](O)COP(=O)(O)OC[C@@H](COC(=O)CCC/C=C\C/C=C\C/C=C\C/C=C\CCCCC)OC(=O)CC/C=C\C/C=C\C/C=C\C/C=C\C/C=C\CCCCC. The molecule has 0 saturated heterocycles. The summed E-state index contributed by atoms with van der Waals surface area (Å²) in [6.45, 7) is 4.40. The van der Waals surface area contributed by atoms with Gasteiger partial charge in [-0.15, -0.1) is 0 Å². The van der Waals surface area contributed by atoms with Gasteiger partial charge < -0.3 is 33.8 Å². The maximum atomic E-state index is 13.1. The number of esters is 4. The number of aliphatic hydroxyl groups excluding tert-OH is 1. The van der Waals surface area contributed by atoms with Crippen LogP contribution in [0, 0.1) is 0 Å². The van der Waals surface area contributed by atoms with E-state index >= 15 is 0 Å². The highest BCUT2D eigenvalue weighted by Gasteiger charge is 2.30. The Morgan fingerprint density at radius 3 is 0.777 bits per heavy atom. The Hall–Kier alpha value is -6.62. The molecule has 0 heterocycles. The van der Waals surface area contributed by atoms with Crippen LogP contribution in [0.2, 0.25) is 0 Å². The molecule has 17 nitrogen and oxygen atoms in total. The molecule has 0 aliphatic rings. The highest BCUT2D eigenvalue weighted by Crippen LogP contribution is 2.45. The second-order valence-electron chi connectivity index (χ2n) is 27.0. The Morgan fingerprint density at radius 2 is 0.491 bits per heavy atom. The molecule has 0 aliphatic carbocycles. The minimum absolute atomic E-state index is 0.0309. The smallest absolute Gasteiger partial charge is 0.462 e. The summed E-state index contributed by atoms with van der Waals surface area (Å²) in [4.78, 5) is 73.2. The van der Waals surface area contributed by atoms with E-state index < -0.39 is 97.5 Å². The molecule has 0 aromatic heterocycles. The lowest BCUT2D eigenvalue weighted by Gasteiger charge is -2.21. The molecule has 0 aromatic carbocycles. The number of carbonyl (C=O) groups is 4. The van der Waals surface area contributed by atoms with Crippen molar-refractivity contribution in [2.24, 2.45) is 0 Å². The van der Waals surface area contributed by atoms with Gasteiger partial charge in [0.15, 0.2) is 12.2 Å². The molecule has 3 N–H and O–H groups in total. The predicted molar refractivity (Wildman–Crippen MR) is 463 cm³/mol. The molecule has 630 valence electrons. The zero-order valence-electron chi connectivity index (χ0n) is 69.0. The van der Waals surface area contributed by atoms with Crippen molar-refractivity contribution in [3.8, 4) is 0 Å². The summed E-state index contributed by atoms with van der Waals surface area (Å²) in [6, 6.07) is 0. The third kappa shape index (κ3) is 81.4. The van der Waals surface area contributed by atoms with E-state index in [4.69, 9.17) is 37.0 Å². The van der Waals surface area contributed by atoms with Gasteiger partial charge in [0.25, 0.3) is 0 Å². The van der Waals surface area contributed by atoms with E-state index in [2.05, 4.69) is 204 Å². The molecule has 0 bridgehead atoms. The lowest BCUT2D eigenvalue weighted by molar-refractivity contribution is -0.161. The summed E-state index contributed by atoms with van der Waals surface area (Å²) < 4.78 is 68.5. The van der Waals surface area contributed by atoms with E-state index in [1.54, 1.807) is 0 Å². The standard InChI is InChI=1S/C93H146O17P2/c1-5-9-13-17-21-25-29-33-37-41-43-47-51-55-59-63-67-71-75-79-92(97)109-88(83-103-90(95)77-73-69-65-61-57-53-49-45-39-35-31-27-23-19-15-11-7-3)85-107-111(99,100)105-81-87(94)82-106-112(101,102)108-86-89(84-104-91(96)78-74-70-66-62-58-54-50-46-40-36-32-28-24-20-16-12-8-4)110-93(98)80-76-72-68-64-60-56-52-48-44-42-38-34-30-26-22-18-14-10-6-2/h9,13,21-28,33-40,43-44,47-50,53-56,59-62,65-66,68,72,87-89,94H,5-8,10-12,14-20,29-32,41-42,45-46,51-52,57-58,63-64,67,69-71,73-86H2,1-4H3,(H,99,100)(H,101,102)/b13-9-,25-21-,26-22-,27-23-,28-24-,37-33-,38-34-,39-35-,40-36-,47-43-,48-44-,53-49-,54-50-,59-55-,60-56-,65-61-,66-62-,72-68-/t87-,88-,89-/m1/s1. The fraction of sp³-hybridized carbons (Fsp3) is 0.570. The van der Waals surface area contributed by atoms with Gasteiger partial charge in [-0.2, -0.15) is 0 Å². The third-order valence-electron chi connectivity index (χ3n) is 16.4. The number of hydrogen-bond acceptors (Lipinski definition) is 15. The molecule has 2 unspecified atom stereocenters. The molecule has 0 amide bonds. The first-order valence-electron chi connectivity index (χ1n) is 42.0. The summed E-state index contributed by atoms with van der Waals surface area (Å²) in [6.07, 6.45) is 105. The molecule has 112 heavy (non-hydrogen) atoms. The predicted octanol–water partition coefficient (Wildman–Crippen LogP) is 25.2. The Balaban J connectivity index is 5.62. The number of allylic oxidation sites excluding steroid dienone is 36. The van der Waals surface area contributed by atoms with Crippen LogP contribution in [0.3, 0.4) is 0 Å². The van der Waals surface area contributed by atoms with Crippen molar-refractivity contribution in [2.45, 2.75) is 303 Å². The Morgan fingerprint density at radius 1 is 0.259 bits per heavy atom.